The number of carbonyl (C=O) groups is 2. The van der Waals surface area contributed by atoms with E-state index in [1.807, 2.05) is 30.6 Å². The zero-order chi connectivity index (χ0) is 16.9. The fourth-order valence-corrected chi connectivity index (χ4v) is 3.64. The fraction of sp³-hybridized carbons (Fsp3) is 0.882. The summed E-state index contributed by atoms with van der Waals surface area (Å²) in [5.41, 5.74) is -0.313. The summed E-state index contributed by atoms with van der Waals surface area (Å²) in [4.78, 5) is 27.6. The molecule has 0 saturated carbocycles. The zero-order valence-electron chi connectivity index (χ0n) is 14.8. The lowest BCUT2D eigenvalue weighted by Gasteiger charge is -2.40. The van der Waals surface area contributed by atoms with Gasteiger partial charge in [-0.2, -0.15) is 0 Å². The lowest BCUT2D eigenvalue weighted by Crippen LogP contribution is -2.50. The molecule has 1 amide bonds. The van der Waals surface area contributed by atoms with Crippen molar-refractivity contribution in [3.63, 3.8) is 0 Å². The summed E-state index contributed by atoms with van der Waals surface area (Å²) >= 11 is 0. The van der Waals surface area contributed by atoms with Crippen molar-refractivity contribution < 1.29 is 14.7 Å². The highest BCUT2D eigenvalue weighted by Gasteiger charge is 2.35. The molecule has 1 saturated heterocycles. The van der Waals surface area contributed by atoms with Crippen molar-refractivity contribution in [2.75, 3.05) is 26.2 Å². The fourth-order valence-electron chi connectivity index (χ4n) is 3.64. The molecule has 1 rings (SSSR count). The molecule has 22 heavy (non-hydrogen) atoms. The molecule has 0 unspecified atom stereocenters. The largest absolute Gasteiger partial charge is 0.480 e. The van der Waals surface area contributed by atoms with Crippen molar-refractivity contribution in [1.29, 1.82) is 0 Å². The smallest absolute Gasteiger partial charge is 0.317 e. The second-order valence-electron chi connectivity index (χ2n) is 7.46. The molecule has 128 valence electrons. The second-order valence-corrected chi connectivity index (χ2v) is 7.46. The molecule has 0 radical (unpaired) electrons. The quantitative estimate of drug-likeness (QED) is 0.784. The van der Waals surface area contributed by atoms with E-state index in [0.29, 0.717) is 5.92 Å². The van der Waals surface area contributed by atoms with Gasteiger partial charge in [-0.1, -0.05) is 34.6 Å². The molecule has 5 nitrogen and oxygen atoms in total. The predicted octanol–water partition coefficient (Wildman–Crippen LogP) is 2.46. The van der Waals surface area contributed by atoms with E-state index < -0.39 is 5.97 Å². The van der Waals surface area contributed by atoms with Crippen molar-refractivity contribution in [2.24, 2.45) is 11.3 Å². The van der Waals surface area contributed by atoms with Gasteiger partial charge in [0.15, 0.2) is 0 Å². The van der Waals surface area contributed by atoms with Crippen molar-refractivity contribution in [1.82, 2.24) is 9.80 Å². The number of carboxylic acid groups (broad SMARTS) is 1. The lowest BCUT2D eigenvalue weighted by atomic mass is 9.82. The first-order valence-electron chi connectivity index (χ1n) is 8.42. The van der Waals surface area contributed by atoms with Gasteiger partial charge in [0.25, 0.3) is 0 Å². The van der Waals surface area contributed by atoms with E-state index in [0.717, 1.165) is 38.9 Å². The molecule has 0 aromatic heterocycles. The Balaban J connectivity index is 2.57. The predicted molar refractivity (Wildman–Crippen MR) is 87.7 cm³/mol. The van der Waals surface area contributed by atoms with Crippen molar-refractivity contribution in [2.45, 2.75) is 59.9 Å². The summed E-state index contributed by atoms with van der Waals surface area (Å²) in [5, 5.41) is 8.97. The number of rotatable bonds is 7. The van der Waals surface area contributed by atoms with Crippen molar-refractivity contribution >= 4 is 11.9 Å². The first-order valence-corrected chi connectivity index (χ1v) is 8.42. The maximum Gasteiger partial charge on any atom is 0.317 e. The van der Waals surface area contributed by atoms with E-state index in [9.17, 15) is 9.59 Å². The summed E-state index contributed by atoms with van der Waals surface area (Å²) < 4.78 is 0. The van der Waals surface area contributed by atoms with Gasteiger partial charge in [0, 0.05) is 24.5 Å². The number of piperidine rings is 1. The molecule has 5 heteroatoms. The summed E-state index contributed by atoms with van der Waals surface area (Å²) in [6.07, 6.45) is 2.63. The first-order chi connectivity index (χ1) is 10.2. The number of nitrogens with zero attached hydrogens (tertiary/aromatic N) is 2. The molecule has 0 atom stereocenters. The molecule has 0 aromatic carbocycles. The molecule has 1 N–H and O–H groups in total. The van der Waals surface area contributed by atoms with Crippen LogP contribution in [0.1, 0.15) is 53.9 Å². The molecular formula is C17H32N2O3. The van der Waals surface area contributed by atoms with Gasteiger partial charge in [0.2, 0.25) is 5.91 Å². The van der Waals surface area contributed by atoms with E-state index in [1.165, 1.54) is 0 Å². The van der Waals surface area contributed by atoms with Crippen LogP contribution in [0.5, 0.6) is 0 Å². The van der Waals surface area contributed by atoms with Gasteiger partial charge < -0.3 is 10.0 Å². The van der Waals surface area contributed by atoms with E-state index in [4.69, 9.17) is 5.11 Å². The van der Waals surface area contributed by atoms with Crippen LogP contribution >= 0.6 is 0 Å². The van der Waals surface area contributed by atoms with Gasteiger partial charge in [-0.05, 0) is 31.7 Å². The van der Waals surface area contributed by atoms with Gasteiger partial charge in [-0.3, -0.25) is 14.5 Å². The Morgan fingerprint density at radius 1 is 1.27 bits per heavy atom. The van der Waals surface area contributed by atoms with Crippen LogP contribution in [0.4, 0.5) is 0 Å². The molecule has 1 fully saturated rings. The first kappa shape index (κ1) is 18.9. The highest BCUT2D eigenvalue weighted by Crippen LogP contribution is 2.29. The number of aliphatic carboxylic acids is 1. The third-order valence-corrected chi connectivity index (χ3v) is 4.51. The standard InChI is InChI=1S/C17H32N2O3/c1-6-18(12-15(20)21)14-7-9-19(10-8-14)16(22)17(4,5)11-13(2)3/h13-14H,6-12H2,1-5H3,(H,20,21). The zero-order valence-corrected chi connectivity index (χ0v) is 14.8. The molecule has 0 aliphatic carbocycles. The number of likely N-dealkylation sites (tertiary alicyclic amines) is 1. The minimum atomic E-state index is -0.779. The highest BCUT2D eigenvalue weighted by molar-refractivity contribution is 5.82. The maximum absolute atomic E-state index is 12.7. The summed E-state index contributed by atoms with van der Waals surface area (Å²) in [7, 11) is 0. The van der Waals surface area contributed by atoms with Crippen LogP contribution in [0.15, 0.2) is 0 Å². The monoisotopic (exact) mass is 312 g/mol. The van der Waals surface area contributed by atoms with Gasteiger partial charge in [0.1, 0.15) is 0 Å². The van der Waals surface area contributed by atoms with Crippen LogP contribution in [0, 0.1) is 11.3 Å². The third-order valence-electron chi connectivity index (χ3n) is 4.51. The van der Waals surface area contributed by atoms with Crippen LogP contribution in [0.3, 0.4) is 0 Å². The topological polar surface area (TPSA) is 60.9 Å². The minimum Gasteiger partial charge on any atom is -0.480 e. The van der Waals surface area contributed by atoms with Gasteiger partial charge >= 0.3 is 5.97 Å². The van der Waals surface area contributed by atoms with Crippen LogP contribution in [-0.2, 0) is 9.59 Å². The molecular weight excluding hydrogens is 280 g/mol. The van der Waals surface area contributed by atoms with Crippen LogP contribution in [0.25, 0.3) is 0 Å². The Kier molecular flexibility index (Phi) is 6.85. The Labute approximate surface area is 134 Å². The number of likely N-dealkylation sites (N-methyl/N-ethyl adjacent to an activating group) is 1. The second kappa shape index (κ2) is 7.95. The lowest BCUT2D eigenvalue weighted by molar-refractivity contribution is -0.144. The third kappa shape index (κ3) is 5.27. The number of carboxylic acids is 1. The van der Waals surface area contributed by atoms with E-state index in [1.54, 1.807) is 0 Å². The summed E-state index contributed by atoms with van der Waals surface area (Å²) in [5.74, 6) is -0.0398. The SMILES string of the molecule is CCN(CC(=O)O)C1CCN(C(=O)C(C)(C)CC(C)C)CC1. The molecule has 0 aromatic rings. The molecule has 1 aliphatic heterocycles. The highest BCUT2D eigenvalue weighted by atomic mass is 16.4. The number of carbonyl (C=O) groups excluding carboxylic acids is 1. The number of amides is 1. The van der Waals surface area contributed by atoms with Crippen molar-refractivity contribution in [3.05, 3.63) is 0 Å². The van der Waals surface area contributed by atoms with Crippen LogP contribution in [-0.4, -0.2) is 59.0 Å². The minimum absolute atomic E-state index is 0.0912. The molecule has 0 spiro atoms. The number of hydrogen-bond acceptors (Lipinski definition) is 3. The molecule has 0 bridgehead atoms. The Morgan fingerprint density at radius 3 is 2.23 bits per heavy atom. The van der Waals surface area contributed by atoms with Crippen molar-refractivity contribution in [3.8, 4) is 0 Å². The van der Waals surface area contributed by atoms with E-state index in [2.05, 4.69) is 13.8 Å². The van der Waals surface area contributed by atoms with Gasteiger partial charge in [-0.25, -0.2) is 0 Å². The average molecular weight is 312 g/mol. The average Bonchev–Trinajstić information content (AvgIpc) is 2.42. The summed E-state index contributed by atoms with van der Waals surface area (Å²) in [6.45, 7) is 12.7. The number of hydrogen-bond donors (Lipinski definition) is 1. The van der Waals surface area contributed by atoms with Crippen LogP contribution in [0.2, 0.25) is 0 Å². The normalized spacial score (nSPS) is 17.3. The molecule has 1 aliphatic rings. The van der Waals surface area contributed by atoms with Gasteiger partial charge in [0.05, 0.1) is 6.54 Å². The van der Waals surface area contributed by atoms with E-state index in [-0.39, 0.29) is 23.9 Å². The van der Waals surface area contributed by atoms with Gasteiger partial charge in [-0.15, -0.1) is 0 Å². The van der Waals surface area contributed by atoms with E-state index >= 15 is 0 Å². The summed E-state index contributed by atoms with van der Waals surface area (Å²) in [6, 6.07) is 0.276. The Bertz CT molecular complexity index is 385. The Morgan fingerprint density at radius 2 is 1.82 bits per heavy atom. The van der Waals surface area contributed by atoms with Crippen LogP contribution < -0.4 is 0 Å². The molecule has 1 heterocycles. The maximum atomic E-state index is 12.7. The Hall–Kier alpha value is -1.10.